The van der Waals surface area contributed by atoms with Crippen LogP contribution < -0.4 is 4.74 Å². The maximum absolute atomic E-state index is 12.2. The molecule has 4 nitrogen and oxygen atoms in total. The van der Waals surface area contributed by atoms with Crippen molar-refractivity contribution in [1.82, 2.24) is 9.88 Å². The molecule has 2 aromatic rings. The molecule has 0 radical (unpaired) electrons. The number of halogens is 4. The Morgan fingerprint density at radius 1 is 1.26 bits per heavy atom. The molecule has 1 aromatic carbocycles. The van der Waals surface area contributed by atoms with Crippen LogP contribution in [0.4, 0.5) is 13.2 Å². The molecule has 0 saturated carbocycles. The molecule has 0 atom stereocenters. The number of alkyl halides is 3. The molecule has 1 amide bonds. The van der Waals surface area contributed by atoms with Gasteiger partial charge in [-0.25, -0.2) is 4.98 Å². The van der Waals surface area contributed by atoms with Crippen LogP contribution in [0.1, 0.15) is 21.6 Å². The van der Waals surface area contributed by atoms with Gasteiger partial charge in [-0.15, -0.1) is 13.2 Å². The molecule has 8 heteroatoms. The quantitative estimate of drug-likeness (QED) is 0.803. The Balaban J connectivity index is 1.70. The molecule has 0 spiro atoms. The summed E-state index contributed by atoms with van der Waals surface area (Å²) in [6, 6.07) is 7.29. The zero-order valence-electron chi connectivity index (χ0n) is 11.6. The molecule has 1 aliphatic rings. The topological polar surface area (TPSA) is 42.4 Å². The zero-order chi connectivity index (χ0) is 16.6. The van der Waals surface area contributed by atoms with E-state index in [2.05, 4.69) is 25.7 Å². The highest BCUT2D eigenvalue weighted by molar-refractivity contribution is 9.10. The van der Waals surface area contributed by atoms with E-state index in [1.165, 1.54) is 24.3 Å². The van der Waals surface area contributed by atoms with Crippen molar-refractivity contribution in [2.75, 3.05) is 0 Å². The lowest BCUT2D eigenvalue weighted by molar-refractivity contribution is -0.274. The van der Waals surface area contributed by atoms with Gasteiger partial charge in [0.15, 0.2) is 0 Å². The molecular formula is C15H10BrF3N2O2. The SMILES string of the molecule is O=C1c2ncc(Br)cc2CN1Cc1ccc(OC(F)(F)F)cc1. The number of hydrogen-bond acceptors (Lipinski definition) is 3. The summed E-state index contributed by atoms with van der Waals surface area (Å²) >= 11 is 3.31. The Bertz CT molecular complexity index is 747. The fourth-order valence-corrected chi connectivity index (χ4v) is 2.74. The fourth-order valence-electron chi connectivity index (χ4n) is 2.37. The van der Waals surface area contributed by atoms with Crippen molar-refractivity contribution in [3.05, 3.63) is 57.8 Å². The fraction of sp³-hybridized carbons (Fsp3) is 0.200. The van der Waals surface area contributed by atoms with E-state index in [4.69, 9.17) is 0 Å². The van der Waals surface area contributed by atoms with E-state index >= 15 is 0 Å². The highest BCUT2D eigenvalue weighted by atomic mass is 79.9. The number of rotatable bonds is 3. The minimum atomic E-state index is -4.72. The van der Waals surface area contributed by atoms with Gasteiger partial charge >= 0.3 is 6.36 Å². The largest absolute Gasteiger partial charge is 0.573 e. The third-order valence-electron chi connectivity index (χ3n) is 3.31. The molecule has 0 saturated heterocycles. The maximum atomic E-state index is 12.2. The number of fused-ring (bicyclic) bond motifs is 1. The van der Waals surface area contributed by atoms with Crippen molar-refractivity contribution >= 4 is 21.8 Å². The number of carbonyl (C=O) groups is 1. The van der Waals surface area contributed by atoms with Crippen LogP contribution in [0.5, 0.6) is 5.75 Å². The maximum Gasteiger partial charge on any atom is 0.573 e. The standard InChI is InChI=1S/C15H10BrF3N2O2/c16-11-5-10-8-21(14(22)13(10)20-6-11)7-9-1-3-12(4-2-9)23-15(17,18)19/h1-6H,7-8H2. The van der Waals surface area contributed by atoms with Crippen LogP contribution in [0.3, 0.4) is 0 Å². The van der Waals surface area contributed by atoms with Gasteiger partial charge in [0.1, 0.15) is 11.4 Å². The van der Waals surface area contributed by atoms with E-state index in [1.54, 1.807) is 11.1 Å². The molecule has 23 heavy (non-hydrogen) atoms. The molecule has 3 rings (SSSR count). The van der Waals surface area contributed by atoms with Crippen LogP contribution >= 0.6 is 15.9 Å². The number of amides is 1. The highest BCUT2D eigenvalue weighted by Crippen LogP contribution is 2.27. The van der Waals surface area contributed by atoms with Gasteiger partial charge in [-0.3, -0.25) is 4.79 Å². The van der Waals surface area contributed by atoms with Gasteiger partial charge in [0.05, 0.1) is 0 Å². The minimum absolute atomic E-state index is 0.192. The number of pyridine rings is 1. The number of carbonyl (C=O) groups excluding carboxylic acids is 1. The average Bonchev–Trinajstić information content (AvgIpc) is 2.75. The summed E-state index contributed by atoms with van der Waals surface area (Å²) in [6.45, 7) is 0.709. The first-order valence-electron chi connectivity index (χ1n) is 6.60. The Labute approximate surface area is 138 Å². The highest BCUT2D eigenvalue weighted by Gasteiger charge is 2.31. The van der Waals surface area contributed by atoms with Crippen molar-refractivity contribution in [2.45, 2.75) is 19.5 Å². The number of nitrogens with zero attached hydrogens (tertiary/aromatic N) is 2. The second-order valence-electron chi connectivity index (χ2n) is 5.01. The van der Waals surface area contributed by atoms with Gasteiger partial charge in [-0.1, -0.05) is 12.1 Å². The summed E-state index contributed by atoms with van der Waals surface area (Å²) in [5.41, 5.74) is 1.94. The second-order valence-corrected chi connectivity index (χ2v) is 5.93. The number of aromatic nitrogens is 1. The molecule has 120 valence electrons. The molecule has 2 heterocycles. The van der Waals surface area contributed by atoms with Gasteiger partial charge < -0.3 is 9.64 Å². The first kappa shape index (κ1) is 15.8. The summed E-state index contributed by atoms with van der Waals surface area (Å²) in [4.78, 5) is 17.9. The van der Waals surface area contributed by atoms with Crippen LogP contribution in [0.2, 0.25) is 0 Å². The summed E-state index contributed by atoms with van der Waals surface area (Å²) in [5.74, 6) is -0.481. The van der Waals surface area contributed by atoms with Crippen molar-refractivity contribution in [1.29, 1.82) is 0 Å². The van der Waals surface area contributed by atoms with Crippen LogP contribution in [-0.4, -0.2) is 22.2 Å². The van der Waals surface area contributed by atoms with Gasteiger partial charge in [0.25, 0.3) is 5.91 Å². The molecule has 0 unspecified atom stereocenters. The first-order valence-corrected chi connectivity index (χ1v) is 7.39. The first-order chi connectivity index (χ1) is 10.8. The normalized spacial score (nSPS) is 14.1. The summed E-state index contributed by atoms with van der Waals surface area (Å²) < 4.78 is 41.0. The van der Waals surface area contributed by atoms with Gasteiger partial charge in [0.2, 0.25) is 0 Å². The molecular weight excluding hydrogens is 377 g/mol. The lowest BCUT2D eigenvalue weighted by Gasteiger charge is -2.16. The predicted molar refractivity (Wildman–Crippen MR) is 78.6 cm³/mol. The molecule has 1 aliphatic heterocycles. The number of ether oxygens (including phenoxy) is 1. The van der Waals surface area contributed by atoms with Gasteiger partial charge in [-0.2, -0.15) is 0 Å². The van der Waals surface area contributed by atoms with Crippen LogP contribution in [-0.2, 0) is 13.1 Å². The van der Waals surface area contributed by atoms with E-state index in [1.807, 2.05) is 6.07 Å². The van der Waals surface area contributed by atoms with Crippen LogP contribution in [0.25, 0.3) is 0 Å². The minimum Gasteiger partial charge on any atom is -0.406 e. The van der Waals surface area contributed by atoms with Crippen LogP contribution in [0.15, 0.2) is 41.0 Å². The Morgan fingerprint density at radius 3 is 2.61 bits per heavy atom. The lowest BCUT2D eigenvalue weighted by Crippen LogP contribution is -2.23. The Hall–Kier alpha value is -2.09. The smallest absolute Gasteiger partial charge is 0.406 e. The van der Waals surface area contributed by atoms with E-state index in [9.17, 15) is 18.0 Å². The summed E-state index contributed by atoms with van der Waals surface area (Å²) in [6.07, 6.45) is -3.16. The molecule has 0 fully saturated rings. The third kappa shape index (κ3) is 3.64. The molecule has 0 aliphatic carbocycles. The predicted octanol–water partition coefficient (Wildman–Crippen LogP) is 3.90. The van der Waals surface area contributed by atoms with Crippen LogP contribution in [0, 0.1) is 0 Å². The molecule has 0 bridgehead atoms. The van der Waals surface area contributed by atoms with E-state index < -0.39 is 6.36 Å². The second kappa shape index (κ2) is 5.84. The molecule has 1 aromatic heterocycles. The summed E-state index contributed by atoms with van der Waals surface area (Å²) in [7, 11) is 0. The van der Waals surface area contributed by atoms with Gasteiger partial charge in [-0.05, 0) is 39.7 Å². The zero-order valence-corrected chi connectivity index (χ0v) is 13.2. The average molecular weight is 387 g/mol. The number of hydrogen-bond donors (Lipinski definition) is 0. The monoisotopic (exact) mass is 386 g/mol. The summed E-state index contributed by atoms with van der Waals surface area (Å²) in [5, 5.41) is 0. The van der Waals surface area contributed by atoms with Crippen molar-refractivity contribution in [3.63, 3.8) is 0 Å². The number of benzene rings is 1. The van der Waals surface area contributed by atoms with Crippen molar-refractivity contribution in [2.24, 2.45) is 0 Å². The molecule has 0 N–H and O–H groups in total. The van der Waals surface area contributed by atoms with Crippen molar-refractivity contribution < 1.29 is 22.7 Å². The van der Waals surface area contributed by atoms with Crippen molar-refractivity contribution in [3.8, 4) is 5.75 Å². The Kier molecular flexibility index (Phi) is 4.01. The van der Waals surface area contributed by atoms with Gasteiger partial charge in [0, 0.05) is 29.3 Å². The lowest BCUT2D eigenvalue weighted by atomic mass is 10.2. The third-order valence-corrected chi connectivity index (χ3v) is 3.75. The van der Waals surface area contributed by atoms with E-state index in [0.29, 0.717) is 24.3 Å². The van der Waals surface area contributed by atoms with E-state index in [-0.39, 0.29) is 11.7 Å². The Morgan fingerprint density at radius 2 is 1.96 bits per heavy atom. The van der Waals surface area contributed by atoms with E-state index in [0.717, 1.165) is 10.0 Å².